The van der Waals surface area contributed by atoms with E-state index in [0.717, 1.165) is 0 Å². The number of nitrogens with zero attached hydrogens (tertiary/aromatic N) is 5. The number of para-hydroxylation sites is 1. The van der Waals surface area contributed by atoms with Gasteiger partial charge in [0.15, 0.2) is 0 Å². The van der Waals surface area contributed by atoms with Gasteiger partial charge in [0.05, 0.1) is 10.7 Å². The Morgan fingerprint density at radius 3 is 2.31 bits per heavy atom. The van der Waals surface area contributed by atoms with Crippen LogP contribution in [0.5, 0.6) is 0 Å². The van der Waals surface area contributed by atoms with Gasteiger partial charge < -0.3 is 9.80 Å². The molecule has 1 aromatic carbocycles. The summed E-state index contributed by atoms with van der Waals surface area (Å²) in [6.45, 7) is 7.59. The first kappa shape index (κ1) is 18.4. The van der Waals surface area contributed by atoms with Crippen molar-refractivity contribution in [1.82, 2.24) is 24.6 Å². The highest BCUT2D eigenvalue weighted by atomic mass is 35.5. The lowest BCUT2D eigenvalue weighted by Crippen LogP contribution is -2.51. The van der Waals surface area contributed by atoms with Crippen molar-refractivity contribution in [3.63, 3.8) is 0 Å². The van der Waals surface area contributed by atoms with E-state index in [1.165, 1.54) is 0 Å². The number of piperazine rings is 1. The van der Waals surface area contributed by atoms with Crippen LogP contribution in [-0.2, 0) is 4.79 Å². The summed E-state index contributed by atoms with van der Waals surface area (Å²) in [5, 5.41) is 4.89. The predicted octanol–water partition coefficient (Wildman–Crippen LogP) is 2.17. The van der Waals surface area contributed by atoms with Gasteiger partial charge in [0, 0.05) is 32.1 Å². The maximum atomic E-state index is 12.7. The second-order valence-corrected chi connectivity index (χ2v) is 7.03. The zero-order chi connectivity index (χ0) is 18.8. The van der Waals surface area contributed by atoms with Crippen molar-refractivity contribution in [1.29, 1.82) is 0 Å². The SMILES string of the molecule is Cc1nc(C(=O)N2CCN(C(=O)C(C)C)CC2)nn1-c1ccccc1Cl. The maximum absolute atomic E-state index is 12.7. The van der Waals surface area contributed by atoms with E-state index >= 15 is 0 Å². The molecule has 0 unspecified atom stereocenters. The lowest BCUT2D eigenvalue weighted by atomic mass is 10.1. The molecule has 0 aliphatic carbocycles. The Morgan fingerprint density at radius 2 is 1.69 bits per heavy atom. The summed E-state index contributed by atoms with van der Waals surface area (Å²) in [6.07, 6.45) is 0. The number of carbonyl (C=O) groups is 2. The Bertz CT molecular complexity index is 825. The molecule has 26 heavy (non-hydrogen) atoms. The second kappa shape index (κ2) is 7.45. The minimum atomic E-state index is -0.226. The number of amides is 2. The van der Waals surface area contributed by atoms with Gasteiger partial charge in [-0.15, -0.1) is 5.10 Å². The van der Waals surface area contributed by atoms with Gasteiger partial charge in [-0.2, -0.15) is 0 Å². The Balaban J connectivity index is 1.73. The van der Waals surface area contributed by atoms with E-state index in [9.17, 15) is 9.59 Å². The van der Waals surface area contributed by atoms with Gasteiger partial charge in [-0.25, -0.2) is 9.67 Å². The fraction of sp³-hybridized carbons (Fsp3) is 0.444. The van der Waals surface area contributed by atoms with Crippen LogP contribution < -0.4 is 0 Å². The van der Waals surface area contributed by atoms with Crippen LogP contribution in [0.15, 0.2) is 24.3 Å². The van der Waals surface area contributed by atoms with Crippen molar-refractivity contribution in [3.05, 3.63) is 40.9 Å². The summed E-state index contributed by atoms with van der Waals surface area (Å²) in [5.41, 5.74) is 0.686. The molecular weight excluding hydrogens is 354 g/mol. The topological polar surface area (TPSA) is 71.3 Å². The largest absolute Gasteiger partial charge is 0.339 e. The number of carbonyl (C=O) groups excluding carboxylic acids is 2. The van der Waals surface area contributed by atoms with Crippen LogP contribution in [0.1, 0.15) is 30.3 Å². The molecule has 2 aromatic rings. The van der Waals surface area contributed by atoms with Gasteiger partial charge in [-0.05, 0) is 19.1 Å². The summed E-state index contributed by atoms with van der Waals surface area (Å²) in [4.78, 5) is 32.6. The van der Waals surface area contributed by atoms with E-state index in [-0.39, 0.29) is 23.6 Å². The Hall–Kier alpha value is -2.41. The van der Waals surface area contributed by atoms with E-state index in [4.69, 9.17) is 11.6 Å². The number of aromatic nitrogens is 3. The minimum absolute atomic E-state index is 0.0344. The molecule has 8 heteroatoms. The molecule has 0 saturated carbocycles. The normalized spacial score (nSPS) is 14.8. The molecule has 1 aromatic heterocycles. The summed E-state index contributed by atoms with van der Waals surface area (Å²) < 4.78 is 1.58. The molecule has 0 bridgehead atoms. The van der Waals surface area contributed by atoms with E-state index in [2.05, 4.69) is 10.1 Å². The maximum Gasteiger partial charge on any atom is 0.293 e. The molecule has 2 amide bonds. The van der Waals surface area contributed by atoms with Crippen molar-refractivity contribution in [3.8, 4) is 5.69 Å². The Labute approximate surface area is 157 Å². The molecule has 1 aliphatic rings. The third-order valence-corrected chi connectivity index (χ3v) is 4.73. The van der Waals surface area contributed by atoms with Gasteiger partial charge in [-0.1, -0.05) is 37.6 Å². The van der Waals surface area contributed by atoms with Crippen LogP contribution in [0.4, 0.5) is 0 Å². The van der Waals surface area contributed by atoms with Crippen molar-refractivity contribution in [2.75, 3.05) is 26.2 Å². The van der Waals surface area contributed by atoms with Crippen LogP contribution in [-0.4, -0.2) is 62.6 Å². The van der Waals surface area contributed by atoms with Crippen molar-refractivity contribution in [2.45, 2.75) is 20.8 Å². The van der Waals surface area contributed by atoms with Gasteiger partial charge in [-0.3, -0.25) is 9.59 Å². The van der Waals surface area contributed by atoms with E-state index in [0.29, 0.717) is 42.7 Å². The molecule has 1 saturated heterocycles. The molecular formula is C18H22ClN5O2. The molecule has 0 radical (unpaired) electrons. The van der Waals surface area contributed by atoms with Crippen molar-refractivity contribution >= 4 is 23.4 Å². The third-order valence-electron chi connectivity index (χ3n) is 4.41. The van der Waals surface area contributed by atoms with Crippen molar-refractivity contribution < 1.29 is 9.59 Å². The molecule has 0 atom stereocenters. The first-order valence-electron chi connectivity index (χ1n) is 8.65. The average Bonchev–Trinajstić information content (AvgIpc) is 3.02. The number of aryl methyl sites for hydroxylation is 1. The Morgan fingerprint density at radius 1 is 1.08 bits per heavy atom. The first-order valence-corrected chi connectivity index (χ1v) is 9.03. The summed E-state index contributed by atoms with van der Waals surface area (Å²) in [5.74, 6) is 0.596. The van der Waals surface area contributed by atoms with Crippen LogP contribution in [0, 0.1) is 12.8 Å². The van der Waals surface area contributed by atoms with Crippen LogP contribution >= 0.6 is 11.6 Å². The monoisotopic (exact) mass is 375 g/mol. The van der Waals surface area contributed by atoms with Crippen LogP contribution in [0.25, 0.3) is 5.69 Å². The molecule has 7 nitrogen and oxygen atoms in total. The van der Waals surface area contributed by atoms with Crippen molar-refractivity contribution in [2.24, 2.45) is 5.92 Å². The van der Waals surface area contributed by atoms with Gasteiger partial charge >= 0.3 is 0 Å². The highest BCUT2D eigenvalue weighted by Crippen LogP contribution is 2.20. The van der Waals surface area contributed by atoms with Crippen LogP contribution in [0.3, 0.4) is 0 Å². The number of hydrogen-bond acceptors (Lipinski definition) is 4. The first-order chi connectivity index (χ1) is 12.4. The zero-order valence-corrected chi connectivity index (χ0v) is 15.9. The highest BCUT2D eigenvalue weighted by molar-refractivity contribution is 6.32. The predicted molar refractivity (Wildman–Crippen MR) is 98.4 cm³/mol. The van der Waals surface area contributed by atoms with Gasteiger partial charge in [0.1, 0.15) is 5.82 Å². The summed E-state index contributed by atoms with van der Waals surface area (Å²) in [6, 6.07) is 7.29. The Kier molecular flexibility index (Phi) is 5.27. The smallest absolute Gasteiger partial charge is 0.293 e. The summed E-state index contributed by atoms with van der Waals surface area (Å²) >= 11 is 6.22. The number of benzene rings is 1. The highest BCUT2D eigenvalue weighted by Gasteiger charge is 2.28. The molecule has 138 valence electrons. The molecule has 1 aliphatic heterocycles. The number of hydrogen-bond donors (Lipinski definition) is 0. The third kappa shape index (κ3) is 3.58. The molecule has 0 N–H and O–H groups in total. The second-order valence-electron chi connectivity index (χ2n) is 6.62. The molecule has 3 rings (SSSR count). The summed E-state index contributed by atoms with van der Waals surface area (Å²) in [7, 11) is 0. The minimum Gasteiger partial charge on any atom is -0.339 e. The fourth-order valence-corrected chi connectivity index (χ4v) is 3.18. The lowest BCUT2D eigenvalue weighted by molar-refractivity contribution is -0.135. The van der Waals surface area contributed by atoms with E-state index < -0.39 is 0 Å². The van der Waals surface area contributed by atoms with Gasteiger partial charge in [0.25, 0.3) is 5.91 Å². The fourth-order valence-electron chi connectivity index (χ4n) is 2.97. The van der Waals surface area contributed by atoms with E-state index in [1.54, 1.807) is 27.5 Å². The zero-order valence-electron chi connectivity index (χ0n) is 15.1. The lowest BCUT2D eigenvalue weighted by Gasteiger charge is -2.35. The number of rotatable bonds is 3. The quantitative estimate of drug-likeness (QED) is 0.824. The average molecular weight is 376 g/mol. The molecule has 1 fully saturated rings. The standard InChI is InChI=1S/C18H22ClN5O2/c1-12(2)17(25)22-8-10-23(11-9-22)18(26)16-20-13(3)24(21-16)15-7-5-4-6-14(15)19/h4-7,12H,8-11H2,1-3H3. The number of halogens is 1. The molecule has 2 heterocycles. The van der Waals surface area contributed by atoms with Gasteiger partial charge in [0.2, 0.25) is 11.7 Å². The van der Waals surface area contributed by atoms with E-state index in [1.807, 2.05) is 32.0 Å². The van der Waals surface area contributed by atoms with Crippen LogP contribution in [0.2, 0.25) is 5.02 Å². The molecule has 0 spiro atoms.